The van der Waals surface area contributed by atoms with Crippen molar-refractivity contribution in [2.24, 2.45) is 0 Å². The summed E-state index contributed by atoms with van der Waals surface area (Å²) in [7, 11) is 0. The van der Waals surface area contributed by atoms with E-state index in [9.17, 15) is 9.18 Å². The predicted octanol–water partition coefficient (Wildman–Crippen LogP) is 5.50. The van der Waals surface area contributed by atoms with Crippen LogP contribution in [0.1, 0.15) is 29.3 Å². The van der Waals surface area contributed by atoms with Crippen molar-refractivity contribution in [1.29, 1.82) is 0 Å². The third kappa shape index (κ3) is 3.96. The largest absolute Gasteiger partial charge is 0.326 e. The molecule has 152 valence electrons. The van der Waals surface area contributed by atoms with E-state index in [1.807, 2.05) is 53.9 Å². The molecule has 0 atom stereocenters. The second kappa shape index (κ2) is 8.11. The second-order valence-corrected chi connectivity index (χ2v) is 7.58. The Hall–Kier alpha value is -3.47. The van der Waals surface area contributed by atoms with Gasteiger partial charge in [-0.1, -0.05) is 25.1 Å². The molecular weight excluding hydrogens is 377 g/mol. The molecule has 0 spiro atoms. The Morgan fingerprint density at radius 3 is 2.53 bits per heavy atom. The number of carbonyl (C=O) groups excluding carboxylic acids is 1. The monoisotopic (exact) mass is 401 g/mol. The van der Waals surface area contributed by atoms with Gasteiger partial charge in [-0.2, -0.15) is 0 Å². The minimum atomic E-state index is -0.256. The lowest BCUT2D eigenvalue weighted by Crippen LogP contribution is -2.16. The number of fused-ring (bicyclic) bond motifs is 1. The number of hydrogen-bond acceptors (Lipinski definition) is 2. The van der Waals surface area contributed by atoms with Gasteiger partial charge >= 0.3 is 0 Å². The van der Waals surface area contributed by atoms with Crippen LogP contribution in [-0.4, -0.2) is 15.3 Å². The quantitative estimate of drug-likeness (QED) is 0.480. The van der Waals surface area contributed by atoms with Crippen LogP contribution in [0, 0.1) is 19.7 Å². The van der Waals surface area contributed by atoms with Crippen molar-refractivity contribution in [3.8, 4) is 11.3 Å². The van der Waals surface area contributed by atoms with Gasteiger partial charge in [0.1, 0.15) is 11.5 Å². The van der Waals surface area contributed by atoms with Crippen molar-refractivity contribution >= 4 is 17.2 Å². The predicted molar refractivity (Wildman–Crippen MR) is 118 cm³/mol. The Kier molecular flexibility index (Phi) is 5.36. The number of anilines is 1. The highest BCUT2D eigenvalue weighted by Gasteiger charge is 2.18. The molecule has 2 aromatic carbocycles. The van der Waals surface area contributed by atoms with Crippen LogP contribution in [0.2, 0.25) is 0 Å². The topological polar surface area (TPSA) is 46.4 Å². The van der Waals surface area contributed by atoms with E-state index < -0.39 is 0 Å². The molecule has 0 unspecified atom stereocenters. The average Bonchev–Trinajstić information content (AvgIpc) is 3.08. The Bertz CT molecular complexity index is 1230. The number of rotatable bonds is 5. The Morgan fingerprint density at radius 1 is 1.07 bits per heavy atom. The molecule has 4 rings (SSSR count). The van der Waals surface area contributed by atoms with Crippen molar-refractivity contribution in [2.45, 2.75) is 33.6 Å². The van der Waals surface area contributed by atoms with E-state index in [0.717, 1.165) is 34.6 Å². The fraction of sp³-hybridized carbons (Fsp3) is 0.200. The van der Waals surface area contributed by atoms with E-state index in [1.54, 1.807) is 19.1 Å². The van der Waals surface area contributed by atoms with Gasteiger partial charge in [-0.05, 0) is 73.4 Å². The zero-order valence-corrected chi connectivity index (χ0v) is 17.4. The highest BCUT2D eigenvalue weighted by molar-refractivity contribution is 5.93. The number of aromatic nitrogens is 2. The highest BCUT2D eigenvalue weighted by Crippen LogP contribution is 2.27. The van der Waals surface area contributed by atoms with Crippen LogP contribution in [0.15, 0.2) is 60.8 Å². The fourth-order valence-electron chi connectivity index (χ4n) is 3.57. The molecule has 0 saturated heterocycles. The molecule has 5 heteroatoms. The highest BCUT2D eigenvalue weighted by atomic mass is 19.1. The van der Waals surface area contributed by atoms with Gasteiger partial charge in [0, 0.05) is 17.4 Å². The lowest BCUT2D eigenvalue weighted by molar-refractivity contribution is -0.115. The molecule has 1 amide bonds. The van der Waals surface area contributed by atoms with E-state index in [1.165, 1.54) is 11.6 Å². The van der Waals surface area contributed by atoms with Crippen LogP contribution in [0.3, 0.4) is 0 Å². The SMILES string of the molecule is CCc1ccc(NC(=O)Cc2c(-c3ccc(F)c(C)c3)nc3ccc(C)cn23)cc1. The first-order valence-electron chi connectivity index (χ1n) is 10.1. The lowest BCUT2D eigenvalue weighted by atomic mass is 10.1. The maximum Gasteiger partial charge on any atom is 0.230 e. The Labute approximate surface area is 175 Å². The van der Waals surface area contributed by atoms with E-state index in [4.69, 9.17) is 4.98 Å². The molecule has 2 aromatic heterocycles. The average molecular weight is 401 g/mol. The normalized spacial score (nSPS) is 11.1. The van der Waals surface area contributed by atoms with Crippen molar-refractivity contribution in [3.63, 3.8) is 0 Å². The molecule has 0 aliphatic rings. The number of carbonyl (C=O) groups is 1. The molecule has 2 heterocycles. The number of nitrogens with zero attached hydrogens (tertiary/aromatic N) is 2. The summed E-state index contributed by atoms with van der Waals surface area (Å²) in [5.74, 6) is -0.379. The van der Waals surface area contributed by atoms with Crippen LogP contribution in [-0.2, 0) is 17.6 Å². The minimum Gasteiger partial charge on any atom is -0.326 e. The van der Waals surface area contributed by atoms with Crippen molar-refractivity contribution in [1.82, 2.24) is 9.38 Å². The second-order valence-electron chi connectivity index (χ2n) is 7.58. The first-order chi connectivity index (χ1) is 14.4. The molecule has 0 aliphatic heterocycles. The van der Waals surface area contributed by atoms with Crippen LogP contribution in [0.4, 0.5) is 10.1 Å². The number of pyridine rings is 1. The zero-order valence-electron chi connectivity index (χ0n) is 17.4. The molecule has 0 fully saturated rings. The van der Waals surface area contributed by atoms with Crippen molar-refractivity contribution in [3.05, 3.63) is 89.0 Å². The molecule has 0 radical (unpaired) electrons. The third-order valence-corrected chi connectivity index (χ3v) is 5.27. The smallest absolute Gasteiger partial charge is 0.230 e. The van der Waals surface area contributed by atoms with Gasteiger partial charge in [0.05, 0.1) is 17.8 Å². The molecule has 30 heavy (non-hydrogen) atoms. The van der Waals surface area contributed by atoms with Gasteiger partial charge in [0.25, 0.3) is 0 Å². The first kappa shape index (κ1) is 19.8. The molecule has 0 aliphatic carbocycles. The number of nitrogens with one attached hydrogen (secondary N) is 1. The van der Waals surface area contributed by atoms with Crippen LogP contribution >= 0.6 is 0 Å². The van der Waals surface area contributed by atoms with Gasteiger partial charge < -0.3 is 9.72 Å². The van der Waals surface area contributed by atoms with Gasteiger partial charge in [0.2, 0.25) is 5.91 Å². The number of halogens is 1. The van der Waals surface area contributed by atoms with Crippen LogP contribution < -0.4 is 5.32 Å². The van der Waals surface area contributed by atoms with Gasteiger partial charge in [0.15, 0.2) is 0 Å². The molecule has 0 bridgehead atoms. The maximum atomic E-state index is 13.8. The van der Waals surface area contributed by atoms with Crippen LogP contribution in [0.25, 0.3) is 16.9 Å². The summed E-state index contributed by atoms with van der Waals surface area (Å²) in [6.45, 7) is 5.82. The first-order valence-corrected chi connectivity index (χ1v) is 10.1. The summed E-state index contributed by atoms with van der Waals surface area (Å²) in [6.07, 6.45) is 3.09. The maximum absolute atomic E-state index is 13.8. The van der Waals surface area contributed by atoms with E-state index >= 15 is 0 Å². The van der Waals surface area contributed by atoms with Gasteiger partial charge in [-0.15, -0.1) is 0 Å². The third-order valence-electron chi connectivity index (χ3n) is 5.27. The number of imidazole rings is 1. The summed E-state index contributed by atoms with van der Waals surface area (Å²) in [5.41, 5.74) is 6.63. The summed E-state index contributed by atoms with van der Waals surface area (Å²) >= 11 is 0. The fourth-order valence-corrected chi connectivity index (χ4v) is 3.57. The van der Waals surface area contributed by atoms with Crippen molar-refractivity contribution < 1.29 is 9.18 Å². The zero-order chi connectivity index (χ0) is 21.3. The molecule has 0 saturated carbocycles. The minimum absolute atomic E-state index is 0.123. The van der Waals surface area contributed by atoms with Gasteiger partial charge in [-0.25, -0.2) is 9.37 Å². The Morgan fingerprint density at radius 2 is 1.83 bits per heavy atom. The number of aryl methyl sites for hydroxylation is 3. The van der Waals surface area contributed by atoms with E-state index in [0.29, 0.717) is 11.3 Å². The van der Waals surface area contributed by atoms with Crippen molar-refractivity contribution in [2.75, 3.05) is 5.32 Å². The summed E-state index contributed by atoms with van der Waals surface area (Å²) in [4.78, 5) is 17.6. The summed E-state index contributed by atoms with van der Waals surface area (Å²) in [5, 5.41) is 2.97. The molecule has 4 aromatic rings. The molecular formula is C25H24FN3O. The standard InChI is InChI=1S/C25H24FN3O/c1-4-18-6-9-20(10-7-18)27-24(30)14-22-25(19-8-11-21(26)17(3)13-19)28-23-12-5-16(2)15-29(22)23/h5-13,15H,4,14H2,1-3H3,(H,27,30). The molecule has 1 N–H and O–H groups in total. The summed E-state index contributed by atoms with van der Waals surface area (Å²) in [6, 6.07) is 16.7. The molecule has 4 nitrogen and oxygen atoms in total. The Balaban J connectivity index is 1.71. The number of amides is 1. The van der Waals surface area contributed by atoms with Crippen LogP contribution in [0.5, 0.6) is 0 Å². The van der Waals surface area contributed by atoms with Gasteiger partial charge in [-0.3, -0.25) is 4.79 Å². The van der Waals surface area contributed by atoms with E-state index in [-0.39, 0.29) is 18.1 Å². The lowest BCUT2D eigenvalue weighted by Gasteiger charge is -2.09. The summed E-state index contributed by atoms with van der Waals surface area (Å²) < 4.78 is 15.7. The number of hydrogen-bond donors (Lipinski definition) is 1. The number of benzene rings is 2. The van der Waals surface area contributed by atoms with E-state index in [2.05, 4.69) is 12.2 Å².